The van der Waals surface area contributed by atoms with Gasteiger partial charge in [0, 0.05) is 37.5 Å². The standard InChI is InChI=1S/C21H31N5O2/c1-4-22-21(25-14-8-7-13-24-20-9-5-6-12-23-20)26-16-17-10-11-18(27-2)15-19(17)28-3/h5-6,9-12,15H,4,7-8,13-14,16H2,1-3H3,(H,23,24)(H2,22,25,26). The van der Waals surface area contributed by atoms with E-state index in [1.807, 2.05) is 36.4 Å². The Morgan fingerprint density at radius 3 is 2.61 bits per heavy atom. The molecule has 0 radical (unpaired) electrons. The lowest BCUT2D eigenvalue weighted by atomic mass is 10.2. The normalized spacial score (nSPS) is 11.0. The Bertz CT molecular complexity index is 722. The number of aromatic nitrogens is 1. The van der Waals surface area contributed by atoms with Gasteiger partial charge >= 0.3 is 0 Å². The maximum absolute atomic E-state index is 5.44. The number of unbranched alkanes of at least 4 members (excludes halogenated alkanes) is 1. The first kappa shape index (κ1) is 21.3. The van der Waals surface area contributed by atoms with E-state index in [1.54, 1.807) is 20.4 Å². The van der Waals surface area contributed by atoms with Crippen molar-refractivity contribution in [1.82, 2.24) is 15.6 Å². The van der Waals surface area contributed by atoms with Crippen LogP contribution in [0, 0.1) is 0 Å². The van der Waals surface area contributed by atoms with Crippen molar-refractivity contribution in [2.75, 3.05) is 39.2 Å². The third kappa shape index (κ3) is 7.34. The van der Waals surface area contributed by atoms with Gasteiger partial charge in [0.1, 0.15) is 17.3 Å². The second-order valence-corrected chi connectivity index (χ2v) is 6.15. The van der Waals surface area contributed by atoms with Gasteiger partial charge in [-0.25, -0.2) is 9.98 Å². The second kappa shape index (κ2) is 12.4. The van der Waals surface area contributed by atoms with E-state index in [1.165, 1.54) is 0 Å². The quantitative estimate of drug-likeness (QED) is 0.313. The minimum absolute atomic E-state index is 0.531. The Morgan fingerprint density at radius 1 is 1.04 bits per heavy atom. The molecule has 3 N–H and O–H groups in total. The van der Waals surface area contributed by atoms with Crippen LogP contribution in [-0.2, 0) is 6.54 Å². The van der Waals surface area contributed by atoms with Gasteiger partial charge in [-0.2, -0.15) is 0 Å². The minimum atomic E-state index is 0.531. The zero-order valence-corrected chi connectivity index (χ0v) is 17.0. The number of pyridine rings is 1. The maximum atomic E-state index is 5.44. The average Bonchev–Trinajstić information content (AvgIpc) is 2.74. The molecule has 1 aromatic carbocycles. The summed E-state index contributed by atoms with van der Waals surface area (Å²) in [4.78, 5) is 8.91. The molecule has 7 nitrogen and oxygen atoms in total. The molecule has 0 aliphatic heterocycles. The predicted octanol–water partition coefficient (Wildman–Crippen LogP) is 3.05. The molecule has 152 valence electrons. The molecule has 0 saturated carbocycles. The van der Waals surface area contributed by atoms with Crippen LogP contribution in [0.2, 0.25) is 0 Å². The van der Waals surface area contributed by atoms with Gasteiger partial charge in [0.2, 0.25) is 0 Å². The van der Waals surface area contributed by atoms with Crippen molar-refractivity contribution in [3.8, 4) is 11.5 Å². The largest absolute Gasteiger partial charge is 0.497 e. The monoisotopic (exact) mass is 385 g/mol. The first-order valence-corrected chi connectivity index (χ1v) is 9.64. The molecule has 0 saturated heterocycles. The molecule has 0 fully saturated rings. The Labute approximate surface area is 167 Å². The summed E-state index contributed by atoms with van der Waals surface area (Å²) >= 11 is 0. The number of guanidine groups is 1. The number of methoxy groups -OCH3 is 2. The summed E-state index contributed by atoms with van der Waals surface area (Å²) in [6.07, 6.45) is 3.88. The van der Waals surface area contributed by atoms with Crippen LogP contribution in [0.5, 0.6) is 11.5 Å². The summed E-state index contributed by atoms with van der Waals surface area (Å²) in [5.74, 6) is 3.27. The Hall–Kier alpha value is -2.96. The lowest BCUT2D eigenvalue weighted by Gasteiger charge is -2.13. The fourth-order valence-corrected chi connectivity index (χ4v) is 2.63. The highest BCUT2D eigenvalue weighted by molar-refractivity contribution is 5.79. The Balaban J connectivity index is 1.77. The topological polar surface area (TPSA) is 79.8 Å². The third-order valence-corrected chi connectivity index (χ3v) is 4.11. The number of hydrogen-bond donors (Lipinski definition) is 3. The van der Waals surface area contributed by atoms with Gasteiger partial charge in [-0.05, 0) is 44.0 Å². The number of nitrogens with zero attached hydrogens (tertiary/aromatic N) is 2. The van der Waals surface area contributed by atoms with E-state index in [2.05, 4.69) is 32.9 Å². The van der Waals surface area contributed by atoms with Crippen LogP contribution in [0.4, 0.5) is 5.82 Å². The molecule has 0 spiro atoms. The minimum Gasteiger partial charge on any atom is -0.497 e. The van der Waals surface area contributed by atoms with Gasteiger partial charge in [-0.1, -0.05) is 6.07 Å². The molecule has 0 amide bonds. The van der Waals surface area contributed by atoms with Crippen LogP contribution in [0.25, 0.3) is 0 Å². The fourth-order valence-electron chi connectivity index (χ4n) is 2.63. The van der Waals surface area contributed by atoms with Crippen LogP contribution in [0.1, 0.15) is 25.3 Å². The van der Waals surface area contributed by atoms with E-state index in [0.29, 0.717) is 6.54 Å². The van der Waals surface area contributed by atoms with E-state index in [0.717, 1.165) is 61.3 Å². The Morgan fingerprint density at radius 2 is 1.89 bits per heavy atom. The molecule has 0 atom stereocenters. The van der Waals surface area contributed by atoms with Gasteiger partial charge in [0.15, 0.2) is 5.96 Å². The molecule has 0 unspecified atom stereocenters. The number of benzene rings is 1. The van der Waals surface area contributed by atoms with Crippen molar-refractivity contribution in [2.24, 2.45) is 4.99 Å². The van der Waals surface area contributed by atoms with E-state index < -0.39 is 0 Å². The highest BCUT2D eigenvalue weighted by Crippen LogP contribution is 2.25. The molecule has 1 aromatic heterocycles. The summed E-state index contributed by atoms with van der Waals surface area (Å²) in [5.41, 5.74) is 1.01. The van der Waals surface area contributed by atoms with Crippen molar-refractivity contribution in [3.63, 3.8) is 0 Å². The lowest BCUT2D eigenvalue weighted by Crippen LogP contribution is -2.37. The zero-order valence-electron chi connectivity index (χ0n) is 17.0. The molecule has 2 aromatic rings. The smallest absolute Gasteiger partial charge is 0.191 e. The summed E-state index contributed by atoms with van der Waals surface area (Å²) in [5, 5.41) is 9.97. The van der Waals surface area contributed by atoms with Crippen molar-refractivity contribution < 1.29 is 9.47 Å². The number of rotatable bonds is 11. The highest BCUT2D eigenvalue weighted by Gasteiger charge is 2.05. The molecule has 28 heavy (non-hydrogen) atoms. The van der Waals surface area contributed by atoms with Gasteiger partial charge in [-0.15, -0.1) is 0 Å². The average molecular weight is 386 g/mol. The second-order valence-electron chi connectivity index (χ2n) is 6.15. The highest BCUT2D eigenvalue weighted by atomic mass is 16.5. The molecule has 2 rings (SSSR count). The number of ether oxygens (including phenoxy) is 2. The van der Waals surface area contributed by atoms with E-state index in [9.17, 15) is 0 Å². The molecule has 7 heteroatoms. The van der Waals surface area contributed by atoms with Gasteiger partial charge in [0.25, 0.3) is 0 Å². The van der Waals surface area contributed by atoms with Crippen LogP contribution >= 0.6 is 0 Å². The van der Waals surface area contributed by atoms with Crippen LogP contribution < -0.4 is 25.4 Å². The zero-order chi connectivity index (χ0) is 20.0. The number of aliphatic imine (C=N–C) groups is 1. The molecular formula is C21H31N5O2. The summed E-state index contributed by atoms with van der Waals surface area (Å²) in [6.45, 7) is 5.16. The van der Waals surface area contributed by atoms with E-state index in [-0.39, 0.29) is 0 Å². The molecule has 1 heterocycles. The first-order valence-electron chi connectivity index (χ1n) is 9.64. The van der Waals surface area contributed by atoms with Crippen molar-refractivity contribution in [1.29, 1.82) is 0 Å². The summed E-state index contributed by atoms with van der Waals surface area (Å²) in [7, 11) is 3.30. The van der Waals surface area contributed by atoms with E-state index in [4.69, 9.17) is 9.47 Å². The number of hydrogen-bond acceptors (Lipinski definition) is 5. The lowest BCUT2D eigenvalue weighted by molar-refractivity contribution is 0.391. The van der Waals surface area contributed by atoms with Crippen molar-refractivity contribution in [3.05, 3.63) is 48.2 Å². The Kier molecular flexibility index (Phi) is 9.47. The van der Waals surface area contributed by atoms with Gasteiger partial charge < -0.3 is 25.4 Å². The summed E-state index contributed by atoms with van der Waals surface area (Å²) < 4.78 is 10.7. The SMILES string of the molecule is CCNC(=NCc1ccc(OC)cc1OC)NCCCCNc1ccccn1. The fraction of sp³-hybridized carbons (Fsp3) is 0.429. The molecular weight excluding hydrogens is 354 g/mol. The molecule has 0 bridgehead atoms. The molecule has 0 aliphatic rings. The van der Waals surface area contributed by atoms with Crippen LogP contribution in [0.3, 0.4) is 0 Å². The van der Waals surface area contributed by atoms with Crippen molar-refractivity contribution in [2.45, 2.75) is 26.3 Å². The predicted molar refractivity (Wildman–Crippen MR) is 114 cm³/mol. The van der Waals surface area contributed by atoms with Crippen LogP contribution in [0.15, 0.2) is 47.6 Å². The maximum Gasteiger partial charge on any atom is 0.191 e. The molecule has 0 aliphatic carbocycles. The first-order chi connectivity index (χ1) is 13.8. The van der Waals surface area contributed by atoms with E-state index >= 15 is 0 Å². The number of nitrogens with one attached hydrogen (secondary N) is 3. The van der Waals surface area contributed by atoms with Crippen LogP contribution in [-0.4, -0.2) is 44.8 Å². The van der Waals surface area contributed by atoms with Crippen molar-refractivity contribution >= 4 is 11.8 Å². The van der Waals surface area contributed by atoms with Gasteiger partial charge in [-0.3, -0.25) is 0 Å². The number of anilines is 1. The third-order valence-electron chi connectivity index (χ3n) is 4.11. The summed E-state index contributed by atoms with van der Waals surface area (Å²) in [6, 6.07) is 11.6. The van der Waals surface area contributed by atoms with Gasteiger partial charge in [0.05, 0.1) is 20.8 Å².